The van der Waals surface area contributed by atoms with E-state index in [1.54, 1.807) is 34.7 Å². The summed E-state index contributed by atoms with van der Waals surface area (Å²) in [7, 11) is 1.50. The predicted molar refractivity (Wildman–Crippen MR) is 134 cm³/mol. The summed E-state index contributed by atoms with van der Waals surface area (Å²) in [4.78, 5) is 48.4. The van der Waals surface area contributed by atoms with Gasteiger partial charge in [-0.25, -0.2) is 4.98 Å². The molecule has 13 heteroatoms. The highest BCUT2D eigenvalue weighted by atomic mass is 32.2. The fourth-order valence-corrected chi connectivity index (χ4v) is 4.56. The number of hydrogen-bond donors (Lipinski definition) is 4. The highest BCUT2D eigenvalue weighted by molar-refractivity contribution is 8.00. The molecule has 1 aromatic carbocycles. The average Bonchev–Trinajstić information content (AvgIpc) is 3.58. The molecule has 192 valence electrons. The molecule has 36 heavy (non-hydrogen) atoms. The van der Waals surface area contributed by atoms with Gasteiger partial charge < -0.3 is 30.1 Å². The summed E-state index contributed by atoms with van der Waals surface area (Å²) in [6.07, 6.45) is 2.88. The molecule has 4 N–H and O–H groups in total. The lowest BCUT2D eigenvalue weighted by molar-refractivity contribution is -0.137. The first-order chi connectivity index (χ1) is 17.3. The summed E-state index contributed by atoms with van der Waals surface area (Å²) in [6.45, 7) is 6.76. The number of nitrogens with zero attached hydrogens (tertiary/aromatic N) is 3. The third-order valence-corrected chi connectivity index (χ3v) is 6.32. The number of methoxy groups -OCH3 is 1. The van der Waals surface area contributed by atoms with Gasteiger partial charge >= 0.3 is 11.8 Å². The number of amides is 3. The number of ether oxygens (including phenoxy) is 1. The smallest absolute Gasteiger partial charge is 0.313 e. The van der Waals surface area contributed by atoms with E-state index in [1.165, 1.54) is 25.5 Å². The number of piperazine rings is 1. The molecule has 2 aliphatic heterocycles. The van der Waals surface area contributed by atoms with E-state index in [2.05, 4.69) is 30.8 Å². The Morgan fingerprint density at radius 3 is 2.61 bits per heavy atom. The quantitative estimate of drug-likeness (QED) is 0.311. The minimum absolute atomic E-state index is 0.0399. The van der Waals surface area contributed by atoms with Crippen LogP contribution in [0.3, 0.4) is 0 Å². The van der Waals surface area contributed by atoms with Gasteiger partial charge in [0.1, 0.15) is 11.4 Å². The Morgan fingerprint density at radius 1 is 1.19 bits per heavy atom. The van der Waals surface area contributed by atoms with Crippen LogP contribution in [0.25, 0.3) is 11.3 Å². The molecule has 0 spiro atoms. The Balaban J connectivity index is 1.28. The van der Waals surface area contributed by atoms with E-state index < -0.39 is 17.4 Å². The van der Waals surface area contributed by atoms with Gasteiger partial charge in [0.25, 0.3) is 5.91 Å². The molecular formula is C23H29N7O5S. The number of carbonyl (C=O) groups excluding carboxylic acids is 3. The zero-order valence-corrected chi connectivity index (χ0v) is 21.1. The number of aromatic nitrogens is 1. The maximum absolute atomic E-state index is 12.6. The second-order valence-corrected chi connectivity index (χ2v) is 9.69. The lowest BCUT2D eigenvalue weighted by atomic mass is 10.0. The summed E-state index contributed by atoms with van der Waals surface area (Å²) >= 11 is 1.33. The molecule has 0 saturated carbocycles. The van der Waals surface area contributed by atoms with Crippen molar-refractivity contribution >= 4 is 35.4 Å². The molecule has 0 bridgehead atoms. The number of hydrogen-bond acceptors (Lipinski definition) is 10. The molecule has 0 radical (unpaired) electrons. The van der Waals surface area contributed by atoms with Gasteiger partial charge in [-0.15, -0.1) is 0 Å². The normalized spacial score (nSPS) is 16.2. The molecule has 12 nitrogen and oxygen atoms in total. The SMILES string of the molecule is COc1cc(NC(=O)C(=O)NC(C)(C)CN2CCN(C(=O)C3=CSNN3)CC2)ccc1-c1cnco1. The third kappa shape index (κ3) is 6.17. The Labute approximate surface area is 212 Å². The van der Waals surface area contributed by atoms with Crippen LogP contribution in [0.15, 0.2) is 46.3 Å². The summed E-state index contributed by atoms with van der Waals surface area (Å²) in [6, 6.07) is 4.99. The van der Waals surface area contributed by atoms with Crippen LogP contribution in [0, 0.1) is 0 Å². The lowest BCUT2D eigenvalue weighted by Gasteiger charge is -2.39. The summed E-state index contributed by atoms with van der Waals surface area (Å²) in [5.74, 6) is -0.564. The molecule has 2 aliphatic rings. The van der Waals surface area contributed by atoms with Gasteiger partial charge in [0, 0.05) is 55.4 Å². The predicted octanol–water partition coefficient (Wildman–Crippen LogP) is 0.925. The summed E-state index contributed by atoms with van der Waals surface area (Å²) in [5, 5.41) is 7.16. The zero-order valence-electron chi connectivity index (χ0n) is 20.3. The van der Waals surface area contributed by atoms with E-state index in [9.17, 15) is 14.4 Å². The molecule has 0 atom stereocenters. The molecular weight excluding hydrogens is 486 g/mol. The van der Waals surface area contributed by atoms with E-state index in [0.717, 1.165) is 0 Å². The first-order valence-electron chi connectivity index (χ1n) is 11.3. The van der Waals surface area contributed by atoms with Crippen LogP contribution in [-0.4, -0.2) is 77.9 Å². The fraction of sp³-hybridized carbons (Fsp3) is 0.391. The van der Waals surface area contributed by atoms with Crippen molar-refractivity contribution in [1.82, 2.24) is 30.4 Å². The summed E-state index contributed by atoms with van der Waals surface area (Å²) in [5.41, 5.74) is 3.80. The second kappa shape index (κ2) is 11.0. The van der Waals surface area contributed by atoms with E-state index in [0.29, 0.717) is 61.2 Å². The largest absolute Gasteiger partial charge is 0.496 e. The van der Waals surface area contributed by atoms with Gasteiger partial charge in [-0.05, 0) is 37.9 Å². The number of oxazole rings is 1. The van der Waals surface area contributed by atoms with E-state index >= 15 is 0 Å². The summed E-state index contributed by atoms with van der Waals surface area (Å²) < 4.78 is 10.7. The minimum atomic E-state index is -0.781. The number of benzene rings is 1. The Bertz CT molecular complexity index is 1140. The topological polar surface area (TPSA) is 141 Å². The lowest BCUT2D eigenvalue weighted by Crippen LogP contribution is -2.58. The van der Waals surface area contributed by atoms with Crippen molar-refractivity contribution in [2.75, 3.05) is 45.2 Å². The molecule has 0 aliphatic carbocycles. The van der Waals surface area contributed by atoms with Crippen molar-refractivity contribution in [3.05, 3.63) is 41.9 Å². The average molecular weight is 516 g/mol. The van der Waals surface area contributed by atoms with Crippen LogP contribution in [0.4, 0.5) is 5.69 Å². The molecule has 1 fully saturated rings. The highest BCUT2D eigenvalue weighted by Gasteiger charge is 2.30. The Kier molecular flexibility index (Phi) is 7.82. The van der Waals surface area contributed by atoms with E-state index in [4.69, 9.17) is 9.15 Å². The van der Waals surface area contributed by atoms with Crippen molar-refractivity contribution in [3.8, 4) is 17.1 Å². The standard InChI is InChI=1S/C23H29N7O5S/c1-23(2,13-29-6-8-30(9-7-29)22(33)17-12-36-28-27-17)26-21(32)20(31)25-15-4-5-16(18(10-15)34-3)19-11-24-14-35-19/h4-5,10-12,14,27-28H,6-9,13H2,1-3H3,(H,25,31)(H,26,32). The van der Waals surface area contributed by atoms with Gasteiger partial charge in [0.2, 0.25) is 0 Å². The molecule has 4 rings (SSSR count). The van der Waals surface area contributed by atoms with Crippen molar-refractivity contribution in [2.45, 2.75) is 19.4 Å². The van der Waals surface area contributed by atoms with Crippen LogP contribution in [0.5, 0.6) is 5.75 Å². The van der Waals surface area contributed by atoms with Crippen LogP contribution < -0.4 is 25.6 Å². The third-order valence-electron chi connectivity index (χ3n) is 5.75. The van der Waals surface area contributed by atoms with Gasteiger partial charge in [0.05, 0.1) is 18.9 Å². The Morgan fingerprint density at radius 2 is 1.97 bits per heavy atom. The Hall–Kier alpha value is -3.55. The van der Waals surface area contributed by atoms with Crippen LogP contribution >= 0.6 is 11.9 Å². The maximum Gasteiger partial charge on any atom is 0.313 e. The van der Waals surface area contributed by atoms with Gasteiger partial charge in [-0.1, -0.05) is 0 Å². The second-order valence-electron chi connectivity index (χ2n) is 9.02. The number of rotatable bonds is 7. The number of hydrazine groups is 1. The first-order valence-corrected chi connectivity index (χ1v) is 12.2. The monoisotopic (exact) mass is 515 g/mol. The first kappa shape index (κ1) is 25.5. The van der Waals surface area contributed by atoms with Crippen LogP contribution in [0.2, 0.25) is 0 Å². The van der Waals surface area contributed by atoms with Gasteiger partial charge in [-0.3, -0.25) is 19.3 Å². The molecule has 2 aromatic rings. The van der Waals surface area contributed by atoms with Crippen LogP contribution in [0.1, 0.15) is 13.8 Å². The minimum Gasteiger partial charge on any atom is -0.496 e. The molecule has 1 saturated heterocycles. The fourth-order valence-electron chi connectivity index (χ4n) is 4.06. The number of anilines is 1. The van der Waals surface area contributed by atoms with Crippen molar-refractivity contribution in [2.24, 2.45) is 0 Å². The van der Waals surface area contributed by atoms with Gasteiger partial charge in [0.15, 0.2) is 12.2 Å². The van der Waals surface area contributed by atoms with Gasteiger partial charge in [-0.2, -0.15) is 4.83 Å². The molecule has 0 unspecified atom stereocenters. The number of carbonyl (C=O) groups is 3. The molecule has 3 amide bonds. The highest BCUT2D eigenvalue weighted by Crippen LogP contribution is 2.32. The van der Waals surface area contributed by atoms with Crippen molar-refractivity contribution in [1.29, 1.82) is 0 Å². The van der Waals surface area contributed by atoms with Crippen molar-refractivity contribution in [3.63, 3.8) is 0 Å². The maximum atomic E-state index is 12.6. The van der Waals surface area contributed by atoms with E-state index in [-0.39, 0.29) is 5.91 Å². The zero-order chi connectivity index (χ0) is 25.7. The van der Waals surface area contributed by atoms with E-state index in [1.807, 2.05) is 13.8 Å². The van der Waals surface area contributed by atoms with Crippen molar-refractivity contribution < 1.29 is 23.5 Å². The molecule has 1 aromatic heterocycles. The number of nitrogens with one attached hydrogen (secondary N) is 4. The van der Waals surface area contributed by atoms with Crippen LogP contribution in [-0.2, 0) is 14.4 Å². The molecule has 3 heterocycles.